The van der Waals surface area contributed by atoms with Crippen LogP contribution >= 0.6 is 0 Å². The first-order valence-corrected chi connectivity index (χ1v) is 22.5. The zero-order valence-corrected chi connectivity index (χ0v) is 36.8. The molecule has 0 fully saturated rings. The monoisotopic (exact) mass is 801 g/mol. The summed E-state index contributed by atoms with van der Waals surface area (Å²) in [5.41, 5.74) is 0. The summed E-state index contributed by atoms with van der Waals surface area (Å²) in [7, 11) is 0. The molecule has 0 aliphatic rings. The van der Waals surface area contributed by atoms with E-state index in [1.165, 1.54) is 0 Å². The minimum absolute atomic E-state index is 0.127. The molecule has 58 heavy (non-hydrogen) atoms. The molecule has 0 amide bonds. The summed E-state index contributed by atoms with van der Waals surface area (Å²) >= 11 is 0. The molecule has 0 aliphatic carbocycles. The molecule has 0 spiro atoms. The second kappa shape index (κ2) is 45.5. The average molecular weight is 801 g/mol. The number of esters is 3. The van der Waals surface area contributed by atoms with Crippen LogP contribution in [0.15, 0.2) is 122 Å². The Morgan fingerprint density at radius 2 is 0.621 bits per heavy atom. The molecule has 0 rings (SSSR count). The minimum atomic E-state index is -0.828. The van der Waals surface area contributed by atoms with E-state index >= 15 is 0 Å². The Balaban J connectivity index is 4.57. The standard InChI is InChI=1S/C52H80O6/c1-4-7-10-13-16-19-22-25-26-27-28-31-33-36-39-42-45-51(54)57-48-49(58-52(55)46-43-40-37-34-30-24-21-18-15-12-9-6-3)47-56-50(53)44-41-38-35-32-29-23-20-17-14-11-8-5-2/h7-12,16-21,25-26,28-32,34,49H,4-6,13-15,22-24,27,33,35-48H2,1-3H3/b10-7-,11-8-,12-9-,19-16-,20-17-,21-18-,26-25-,31-28-,32-29-,34-30-. The second-order valence-corrected chi connectivity index (χ2v) is 14.2. The number of carbonyl (C=O) groups is 3. The van der Waals surface area contributed by atoms with E-state index in [9.17, 15) is 14.4 Å². The molecule has 0 N–H and O–H groups in total. The molecular formula is C52H80O6. The van der Waals surface area contributed by atoms with Gasteiger partial charge < -0.3 is 14.2 Å². The van der Waals surface area contributed by atoms with Gasteiger partial charge in [-0.3, -0.25) is 14.4 Å². The van der Waals surface area contributed by atoms with Crippen LogP contribution in [0.3, 0.4) is 0 Å². The molecule has 0 saturated carbocycles. The van der Waals surface area contributed by atoms with Gasteiger partial charge in [0.25, 0.3) is 0 Å². The van der Waals surface area contributed by atoms with Gasteiger partial charge in [-0.25, -0.2) is 0 Å². The Morgan fingerprint density at radius 1 is 0.345 bits per heavy atom. The van der Waals surface area contributed by atoms with E-state index < -0.39 is 6.10 Å². The molecule has 0 heterocycles. The van der Waals surface area contributed by atoms with Crippen molar-refractivity contribution in [2.75, 3.05) is 13.2 Å². The SMILES string of the molecule is CC/C=C\C/C=C\C/C=C\C/C=C\CCCCCC(=O)OCC(COC(=O)CCCC/C=C\C/C=C\C/C=C\CC)OC(=O)CCCC/C=C\C/C=C\C/C=C\CC. The predicted octanol–water partition coefficient (Wildman–Crippen LogP) is 14.6. The smallest absolute Gasteiger partial charge is 0.306 e. The van der Waals surface area contributed by atoms with Gasteiger partial charge in [-0.1, -0.05) is 149 Å². The lowest BCUT2D eigenvalue weighted by Gasteiger charge is -2.18. The third kappa shape index (κ3) is 42.9. The Bertz CT molecular complexity index is 1290. The molecule has 0 aromatic carbocycles. The lowest BCUT2D eigenvalue weighted by molar-refractivity contribution is -0.167. The fourth-order valence-corrected chi connectivity index (χ4v) is 5.40. The van der Waals surface area contributed by atoms with Crippen molar-refractivity contribution in [3.63, 3.8) is 0 Å². The van der Waals surface area contributed by atoms with E-state index in [4.69, 9.17) is 14.2 Å². The number of hydrogen-bond donors (Lipinski definition) is 0. The average Bonchev–Trinajstić information content (AvgIpc) is 3.22. The molecular weight excluding hydrogens is 721 g/mol. The van der Waals surface area contributed by atoms with Crippen LogP contribution in [-0.4, -0.2) is 37.2 Å². The van der Waals surface area contributed by atoms with Crippen molar-refractivity contribution in [2.24, 2.45) is 0 Å². The van der Waals surface area contributed by atoms with Crippen LogP contribution in [0.5, 0.6) is 0 Å². The van der Waals surface area contributed by atoms with Crippen molar-refractivity contribution >= 4 is 17.9 Å². The van der Waals surface area contributed by atoms with Crippen molar-refractivity contribution in [1.82, 2.24) is 0 Å². The molecule has 1 unspecified atom stereocenters. The number of ether oxygens (including phenoxy) is 3. The van der Waals surface area contributed by atoms with Gasteiger partial charge in [0.1, 0.15) is 13.2 Å². The van der Waals surface area contributed by atoms with Gasteiger partial charge in [0.15, 0.2) is 6.10 Å². The van der Waals surface area contributed by atoms with Gasteiger partial charge >= 0.3 is 17.9 Å². The van der Waals surface area contributed by atoms with E-state index in [1.54, 1.807) is 0 Å². The highest BCUT2D eigenvalue weighted by molar-refractivity contribution is 5.71. The maximum atomic E-state index is 12.7. The van der Waals surface area contributed by atoms with E-state index in [1.807, 2.05) is 0 Å². The Kier molecular flexibility index (Phi) is 42.2. The van der Waals surface area contributed by atoms with Crippen LogP contribution in [-0.2, 0) is 28.6 Å². The molecule has 6 nitrogen and oxygen atoms in total. The molecule has 0 bridgehead atoms. The third-order valence-electron chi connectivity index (χ3n) is 8.69. The predicted molar refractivity (Wildman–Crippen MR) is 246 cm³/mol. The maximum absolute atomic E-state index is 12.7. The lowest BCUT2D eigenvalue weighted by Crippen LogP contribution is -2.30. The van der Waals surface area contributed by atoms with Crippen molar-refractivity contribution < 1.29 is 28.6 Å². The van der Waals surface area contributed by atoms with Gasteiger partial charge in [-0.2, -0.15) is 0 Å². The highest BCUT2D eigenvalue weighted by Gasteiger charge is 2.19. The molecule has 0 aliphatic heterocycles. The first kappa shape index (κ1) is 53.8. The van der Waals surface area contributed by atoms with Crippen molar-refractivity contribution in [3.8, 4) is 0 Å². The van der Waals surface area contributed by atoms with E-state index in [2.05, 4.69) is 142 Å². The van der Waals surface area contributed by atoms with Crippen molar-refractivity contribution in [3.05, 3.63) is 122 Å². The summed E-state index contributed by atoms with van der Waals surface area (Å²) in [6.45, 7) is 6.15. The Labute approximate surface area is 354 Å². The number of allylic oxidation sites excluding steroid dienone is 20. The third-order valence-corrected chi connectivity index (χ3v) is 8.69. The molecule has 0 aromatic heterocycles. The van der Waals surface area contributed by atoms with Crippen LogP contribution in [0.25, 0.3) is 0 Å². The molecule has 0 radical (unpaired) electrons. The minimum Gasteiger partial charge on any atom is -0.462 e. The van der Waals surface area contributed by atoms with Crippen LogP contribution in [0.2, 0.25) is 0 Å². The van der Waals surface area contributed by atoms with E-state index in [0.29, 0.717) is 19.3 Å². The quantitative estimate of drug-likeness (QED) is 0.0268. The number of hydrogen-bond acceptors (Lipinski definition) is 6. The summed E-state index contributed by atoms with van der Waals surface area (Å²) in [5.74, 6) is -1.05. The number of rotatable bonds is 38. The number of unbranched alkanes of at least 4 members (excludes halogenated alkanes) is 7. The summed E-state index contributed by atoms with van der Waals surface area (Å²) in [4.78, 5) is 37.7. The summed E-state index contributed by atoms with van der Waals surface area (Å²) in [6.07, 6.45) is 61.9. The van der Waals surface area contributed by atoms with Crippen LogP contribution in [0.1, 0.15) is 168 Å². The molecule has 1 atom stereocenters. The van der Waals surface area contributed by atoms with E-state index in [0.717, 1.165) is 116 Å². The van der Waals surface area contributed by atoms with Crippen LogP contribution < -0.4 is 0 Å². The maximum Gasteiger partial charge on any atom is 0.306 e. The topological polar surface area (TPSA) is 78.9 Å². The Hall–Kier alpha value is -4.19. The summed E-state index contributed by atoms with van der Waals surface area (Å²) in [5, 5.41) is 0. The second-order valence-electron chi connectivity index (χ2n) is 14.2. The zero-order valence-electron chi connectivity index (χ0n) is 36.8. The summed E-state index contributed by atoms with van der Waals surface area (Å²) < 4.78 is 16.6. The van der Waals surface area contributed by atoms with Gasteiger partial charge in [-0.05, 0) is 122 Å². The molecule has 6 heteroatoms. The van der Waals surface area contributed by atoms with Crippen LogP contribution in [0, 0.1) is 0 Å². The van der Waals surface area contributed by atoms with Crippen molar-refractivity contribution in [1.29, 1.82) is 0 Å². The van der Waals surface area contributed by atoms with Gasteiger partial charge in [0.2, 0.25) is 0 Å². The highest BCUT2D eigenvalue weighted by atomic mass is 16.6. The first-order valence-electron chi connectivity index (χ1n) is 22.5. The van der Waals surface area contributed by atoms with Gasteiger partial charge in [-0.15, -0.1) is 0 Å². The number of carbonyl (C=O) groups excluding carboxylic acids is 3. The normalized spacial score (nSPS) is 13.2. The largest absolute Gasteiger partial charge is 0.462 e. The fourth-order valence-electron chi connectivity index (χ4n) is 5.40. The van der Waals surface area contributed by atoms with E-state index in [-0.39, 0.29) is 44.0 Å². The van der Waals surface area contributed by atoms with Gasteiger partial charge in [0, 0.05) is 19.3 Å². The van der Waals surface area contributed by atoms with Crippen molar-refractivity contribution in [2.45, 2.75) is 175 Å². The van der Waals surface area contributed by atoms with Crippen LogP contribution in [0.4, 0.5) is 0 Å². The summed E-state index contributed by atoms with van der Waals surface area (Å²) in [6, 6.07) is 0. The van der Waals surface area contributed by atoms with Gasteiger partial charge in [0.05, 0.1) is 0 Å². The first-order chi connectivity index (χ1) is 28.5. The molecule has 324 valence electrons. The Morgan fingerprint density at radius 3 is 0.966 bits per heavy atom. The zero-order chi connectivity index (χ0) is 42.3. The molecule has 0 saturated heterocycles. The highest BCUT2D eigenvalue weighted by Crippen LogP contribution is 2.10. The lowest BCUT2D eigenvalue weighted by atomic mass is 10.1. The fraction of sp³-hybridized carbons (Fsp3) is 0.558. The molecule has 0 aromatic rings.